The highest BCUT2D eigenvalue weighted by atomic mass is 35.5. The van der Waals surface area contributed by atoms with Crippen molar-refractivity contribution in [2.75, 3.05) is 24.6 Å². The molecule has 9 heteroatoms. The Labute approximate surface area is 202 Å². The zero-order chi connectivity index (χ0) is 24.4. The monoisotopic (exact) mass is 485 g/mol. The number of carbonyl (C=O) groups excluding carboxylic acids is 3. The van der Waals surface area contributed by atoms with Crippen LogP contribution in [0.1, 0.15) is 19.4 Å². The van der Waals surface area contributed by atoms with Crippen molar-refractivity contribution >= 4 is 35.0 Å². The number of rotatable bonds is 6. The van der Waals surface area contributed by atoms with Gasteiger partial charge in [-0.2, -0.15) is 0 Å². The highest BCUT2D eigenvalue weighted by Gasteiger charge is 2.33. The van der Waals surface area contributed by atoms with Gasteiger partial charge in [0.05, 0.1) is 5.69 Å². The maximum Gasteiger partial charge on any atom is 0.260 e. The molecule has 1 fully saturated rings. The van der Waals surface area contributed by atoms with E-state index in [4.69, 9.17) is 16.3 Å². The van der Waals surface area contributed by atoms with Gasteiger partial charge < -0.3 is 9.64 Å². The van der Waals surface area contributed by atoms with E-state index >= 15 is 0 Å². The smallest absolute Gasteiger partial charge is 0.260 e. The first kappa shape index (κ1) is 23.9. The standard InChI is InChI=1S/C25H25ClFN3O4/c1-16-13-29(17(2)12-28(16)14-18-3-6-20(27)7-4-18)25(33)15-34-22-8-5-19(26)11-21(22)30-23(31)9-10-24(30)32/h3-11,16-17H,12-15H2,1-2H3/t16-,17+/m0/s1. The van der Waals surface area contributed by atoms with Gasteiger partial charge in [0.1, 0.15) is 11.6 Å². The van der Waals surface area contributed by atoms with Crippen molar-refractivity contribution in [3.8, 4) is 5.75 Å². The van der Waals surface area contributed by atoms with E-state index in [0.717, 1.165) is 10.5 Å². The summed E-state index contributed by atoms with van der Waals surface area (Å²) in [6.07, 6.45) is 2.35. The third-order valence-corrected chi connectivity index (χ3v) is 6.29. The Morgan fingerprint density at radius 3 is 2.38 bits per heavy atom. The van der Waals surface area contributed by atoms with E-state index in [9.17, 15) is 18.8 Å². The predicted molar refractivity (Wildman–Crippen MR) is 126 cm³/mol. The summed E-state index contributed by atoms with van der Waals surface area (Å²) in [6, 6.07) is 11.1. The van der Waals surface area contributed by atoms with Gasteiger partial charge >= 0.3 is 0 Å². The van der Waals surface area contributed by atoms with Crippen molar-refractivity contribution in [3.63, 3.8) is 0 Å². The number of anilines is 1. The third kappa shape index (κ3) is 5.13. The van der Waals surface area contributed by atoms with E-state index in [1.54, 1.807) is 23.1 Å². The normalized spacial score (nSPS) is 20.8. The lowest BCUT2D eigenvalue weighted by molar-refractivity contribution is -0.139. The van der Waals surface area contributed by atoms with Gasteiger partial charge in [-0.15, -0.1) is 0 Å². The van der Waals surface area contributed by atoms with Crippen molar-refractivity contribution in [1.29, 1.82) is 0 Å². The lowest BCUT2D eigenvalue weighted by Gasteiger charge is -2.44. The molecule has 0 saturated carbocycles. The van der Waals surface area contributed by atoms with Gasteiger partial charge in [-0.25, -0.2) is 9.29 Å². The summed E-state index contributed by atoms with van der Waals surface area (Å²) in [7, 11) is 0. The predicted octanol–water partition coefficient (Wildman–Crippen LogP) is 3.41. The SMILES string of the molecule is C[C@@H]1CN(Cc2ccc(F)cc2)[C@@H](C)CN1C(=O)COc1ccc(Cl)cc1N1C(=O)C=CC1=O. The molecule has 0 aliphatic carbocycles. The first-order valence-corrected chi connectivity index (χ1v) is 11.4. The Morgan fingerprint density at radius 1 is 1.03 bits per heavy atom. The molecule has 2 heterocycles. The van der Waals surface area contributed by atoms with E-state index < -0.39 is 11.8 Å². The van der Waals surface area contributed by atoms with E-state index in [1.165, 1.54) is 36.4 Å². The van der Waals surface area contributed by atoms with E-state index in [1.807, 2.05) is 13.8 Å². The Bertz CT molecular complexity index is 1120. The molecular weight excluding hydrogens is 461 g/mol. The molecule has 34 heavy (non-hydrogen) atoms. The number of ether oxygens (including phenoxy) is 1. The fourth-order valence-electron chi connectivity index (χ4n) is 4.24. The summed E-state index contributed by atoms with van der Waals surface area (Å²) >= 11 is 6.07. The minimum absolute atomic E-state index is 0.0524. The van der Waals surface area contributed by atoms with Gasteiger partial charge in [0.15, 0.2) is 6.61 Å². The molecule has 2 aliphatic heterocycles. The molecule has 0 bridgehead atoms. The fraction of sp³-hybridized carbons (Fsp3) is 0.320. The van der Waals surface area contributed by atoms with Crippen LogP contribution in [0.25, 0.3) is 0 Å². The Morgan fingerprint density at radius 2 is 1.71 bits per heavy atom. The first-order chi connectivity index (χ1) is 16.2. The molecule has 2 aromatic carbocycles. The maximum absolute atomic E-state index is 13.2. The van der Waals surface area contributed by atoms with Gasteiger partial charge in [-0.1, -0.05) is 23.7 Å². The van der Waals surface area contributed by atoms with Gasteiger partial charge in [0.2, 0.25) is 0 Å². The Balaban J connectivity index is 1.40. The summed E-state index contributed by atoms with van der Waals surface area (Å²) < 4.78 is 19.0. The molecular formula is C25H25ClFN3O4. The van der Waals surface area contributed by atoms with Crippen LogP contribution in [0.3, 0.4) is 0 Å². The molecule has 0 unspecified atom stereocenters. The quantitative estimate of drug-likeness (QED) is 0.586. The zero-order valence-corrected chi connectivity index (χ0v) is 19.7. The molecule has 178 valence electrons. The number of imide groups is 1. The van der Waals surface area contributed by atoms with Crippen LogP contribution in [0.2, 0.25) is 5.02 Å². The zero-order valence-electron chi connectivity index (χ0n) is 18.9. The average molecular weight is 486 g/mol. The molecule has 0 radical (unpaired) electrons. The molecule has 2 aliphatic rings. The summed E-state index contributed by atoms with van der Waals surface area (Å²) in [5, 5.41) is 0.334. The minimum atomic E-state index is -0.497. The maximum atomic E-state index is 13.2. The average Bonchev–Trinajstić information content (AvgIpc) is 3.14. The van der Waals surface area contributed by atoms with Crippen molar-refractivity contribution in [2.24, 2.45) is 0 Å². The van der Waals surface area contributed by atoms with Crippen LogP contribution >= 0.6 is 11.6 Å². The molecule has 4 rings (SSSR count). The molecule has 2 aromatic rings. The Kier molecular flexibility index (Phi) is 7.00. The highest BCUT2D eigenvalue weighted by Crippen LogP contribution is 2.33. The second-order valence-electron chi connectivity index (χ2n) is 8.55. The van der Waals surface area contributed by atoms with Crippen LogP contribution in [0.4, 0.5) is 10.1 Å². The van der Waals surface area contributed by atoms with Crippen LogP contribution in [-0.4, -0.2) is 59.3 Å². The van der Waals surface area contributed by atoms with Crippen molar-refractivity contribution in [2.45, 2.75) is 32.5 Å². The summed E-state index contributed by atoms with van der Waals surface area (Å²) in [5.41, 5.74) is 1.21. The third-order valence-electron chi connectivity index (χ3n) is 6.06. The topological polar surface area (TPSA) is 70.2 Å². The summed E-state index contributed by atoms with van der Waals surface area (Å²) in [5.74, 6) is -1.23. The number of benzene rings is 2. The molecule has 3 amide bonds. The number of carbonyl (C=O) groups is 3. The number of hydrogen-bond donors (Lipinski definition) is 0. The summed E-state index contributed by atoms with van der Waals surface area (Å²) in [4.78, 5) is 42.2. The van der Waals surface area contributed by atoms with Gasteiger partial charge in [0, 0.05) is 48.9 Å². The lowest BCUT2D eigenvalue weighted by atomic mass is 10.1. The number of hydrogen-bond acceptors (Lipinski definition) is 5. The van der Waals surface area contributed by atoms with Crippen molar-refractivity contribution in [3.05, 3.63) is 71.0 Å². The van der Waals surface area contributed by atoms with Gasteiger partial charge in [-0.3, -0.25) is 19.3 Å². The van der Waals surface area contributed by atoms with Crippen molar-refractivity contribution in [1.82, 2.24) is 9.80 Å². The first-order valence-electron chi connectivity index (χ1n) is 11.0. The lowest BCUT2D eigenvalue weighted by Crippen LogP contribution is -2.58. The number of piperazine rings is 1. The van der Waals surface area contributed by atoms with E-state index in [2.05, 4.69) is 4.90 Å². The second kappa shape index (κ2) is 9.95. The number of halogens is 2. The minimum Gasteiger partial charge on any atom is -0.482 e. The Hall–Kier alpha value is -3.23. The van der Waals surface area contributed by atoms with Crippen LogP contribution < -0.4 is 9.64 Å². The summed E-state index contributed by atoms with van der Waals surface area (Å²) in [6.45, 7) is 5.63. The molecule has 0 aromatic heterocycles. The molecule has 2 atom stereocenters. The number of nitrogens with zero attached hydrogens (tertiary/aromatic N) is 3. The number of amides is 3. The largest absolute Gasteiger partial charge is 0.482 e. The van der Waals surface area contributed by atoms with E-state index in [-0.39, 0.29) is 41.9 Å². The molecule has 0 N–H and O–H groups in total. The van der Waals surface area contributed by atoms with Crippen LogP contribution in [-0.2, 0) is 20.9 Å². The van der Waals surface area contributed by atoms with Crippen LogP contribution in [0, 0.1) is 5.82 Å². The van der Waals surface area contributed by atoms with Gasteiger partial charge in [-0.05, 0) is 49.7 Å². The fourth-order valence-corrected chi connectivity index (χ4v) is 4.40. The van der Waals surface area contributed by atoms with E-state index in [0.29, 0.717) is 24.7 Å². The second-order valence-corrected chi connectivity index (χ2v) is 8.98. The highest BCUT2D eigenvalue weighted by molar-refractivity contribution is 6.32. The van der Waals surface area contributed by atoms with Crippen LogP contribution in [0.5, 0.6) is 5.75 Å². The van der Waals surface area contributed by atoms with Gasteiger partial charge in [0.25, 0.3) is 17.7 Å². The molecule has 0 spiro atoms. The molecule has 1 saturated heterocycles. The van der Waals surface area contributed by atoms with Crippen molar-refractivity contribution < 1.29 is 23.5 Å². The molecule has 7 nitrogen and oxygen atoms in total. The van der Waals surface area contributed by atoms with Crippen LogP contribution in [0.15, 0.2) is 54.6 Å².